The highest BCUT2D eigenvalue weighted by Gasteiger charge is 2.17. The number of aliphatic hydroxyl groups is 1. The van der Waals surface area contributed by atoms with Gasteiger partial charge in [0.2, 0.25) is 0 Å². The highest BCUT2D eigenvalue weighted by atomic mass is 16.6. The average molecular weight is 271 g/mol. The van der Waals surface area contributed by atoms with Crippen LogP contribution in [0.4, 0.5) is 0 Å². The van der Waals surface area contributed by atoms with Crippen LogP contribution in [0.2, 0.25) is 0 Å². The standard InChI is InChI=1S/C16H17NO3/c1-10-7-13(8-11(2)17-10)16(18)12-3-4-14-15(9-12)20-6-5-19-14/h3-4,7-9,16,18H,5-6H2,1-2H3. The molecule has 0 amide bonds. The van der Waals surface area contributed by atoms with E-state index < -0.39 is 6.10 Å². The first kappa shape index (κ1) is 12.9. The number of benzene rings is 1. The Morgan fingerprint density at radius 2 is 1.60 bits per heavy atom. The lowest BCUT2D eigenvalue weighted by molar-refractivity contribution is 0.169. The zero-order chi connectivity index (χ0) is 14.1. The lowest BCUT2D eigenvalue weighted by Crippen LogP contribution is -2.15. The molecule has 0 saturated heterocycles. The van der Waals surface area contributed by atoms with Crippen molar-refractivity contribution in [3.63, 3.8) is 0 Å². The highest BCUT2D eigenvalue weighted by molar-refractivity contribution is 5.46. The molecule has 0 fully saturated rings. The molecule has 0 spiro atoms. The molecule has 1 atom stereocenters. The number of pyridine rings is 1. The number of ether oxygens (including phenoxy) is 2. The largest absolute Gasteiger partial charge is 0.486 e. The molecule has 4 heteroatoms. The molecule has 0 saturated carbocycles. The van der Waals surface area contributed by atoms with E-state index >= 15 is 0 Å². The molecule has 3 rings (SSSR count). The van der Waals surface area contributed by atoms with Crippen LogP contribution in [0.1, 0.15) is 28.6 Å². The van der Waals surface area contributed by atoms with Gasteiger partial charge in [-0.15, -0.1) is 0 Å². The molecule has 0 aliphatic carbocycles. The normalized spacial score (nSPS) is 14.9. The number of aromatic nitrogens is 1. The van der Waals surface area contributed by atoms with Crippen LogP contribution < -0.4 is 9.47 Å². The van der Waals surface area contributed by atoms with Crippen molar-refractivity contribution >= 4 is 0 Å². The Morgan fingerprint density at radius 1 is 0.950 bits per heavy atom. The molecule has 1 aliphatic rings. The van der Waals surface area contributed by atoms with Crippen LogP contribution in [0.15, 0.2) is 30.3 Å². The second kappa shape index (κ2) is 5.13. The number of fused-ring (bicyclic) bond motifs is 1. The smallest absolute Gasteiger partial charge is 0.161 e. The van der Waals surface area contributed by atoms with Gasteiger partial charge < -0.3 is 14.6 Å². The topological polar surface area (TPSA) is 51.6 Å². The van der Waals surface area contributed by atoms with Gasteiger partial charge >= 0.3 is 0 Å². The Morgan fingerprint density at radius 3 is 2.30 bits per heavy atom. The average Bonchev–Trinajstić information content (AvgIpc) is 2.45. The first-order valence-corrected chi connectivity index (χ1v) is 6.66. The first-order valence-electron chi connectivity index (χ1n) is 6.66. The summed E-state index contributed by atoms with van der Waals surface area (Å²) in [5, 5.41) is 10.5. The molecule has 4 nitrogen and oxygen atoms in total. The number of rotatable bonds is 2. The zero-order valence-corrected chi connectivity index (χ0v) is 11.6. The molecule has 0 bridgehead atoms. The summed E-state index contributed by atoms with van der Waals surface area (Å²) in [7, 11) is 0. The van der Waals surface area contributed by atoms with Crippen molar-refractivity contribution in [3.8, 4) is 11.5 Å². The van der Waals surface area contributed by atoms with Gasteiger partial charge in [0.15, 0.2) is 11.5 Å². The molecular formula is C16H17NO3. The van der Waals surface area contributed by atoms with Crippen molar-refractivity contribution in [2.45, 2.75) is 20.0 Å². The Balaban J connectivity index is 1.95. The van der Waals surface area contributed by atoms with E-state index in [9.17, 15) is 5.11 Å². The lowest BCUT2D eigenvalue weighted by Gasteiger charge is -2.20. The maximum atomic E-state index is 10.5. The first-order chi connectivity index (χ1) is 9.63. The number of hydrogen-bond donors (Lipinski definition) is 1. The van der Waals surface area contributed by atoms with Crippen molar-refractivity contribution in [2.24, 2.45) is 0 Å². The van der Waals surface area contributed by atoms with Gasteiger partial charge in [0.1, 0.15) is 19.3 Å². The van der Waals surface area contributed by atoms with Gasteiger partial charge in [0.25, 0.3) is 0 Å². The van der Waals surface area contributed by atoms with E-state index in [-0.39, 0.29) is 0 Å². The van der Waals surface area contributed by atoms with E-state index in [2.05, 4.69) is 4.98 Å². The molecular weight excluding hydrogens is 254 g/mol. The fourth-order valence-corrected chi connectivity index (χ4v) is 2.45. The van der Waals surface area contributed by atoms with Gasteiger partial charge in [-0.1, -0.05) is 6.07 Å². The Kier molecular flexibility index (Phi) is 3.32. The summed E-state index contributed by atoms with van der Waals surface area (Å²) in [6.45, 7) is 4.96. The lowest BCUT2D eigenvalue weighted by atomic mass is 10.0. The van der Waals surface area contributed by atoms with E-state index in [1.807, 2.05) is 44.2 Å². The Hall–Kier alpha value is -2.07. The van der Waals surface area contributed by atoms with Crippen LogP contribution in [-0.4, -0.2) is 23.3 Å². The van der Waals surface area contributed by atoms with Gasteiger partial charge in [0, 0.05) is 11.4 Å². The number of aryl methyl sites for hydroxylation is 2. The minimum absolute atomic E-state index is 0.542. The molecule has 2 heterocycles. The van der Waals surface area contributed by atoms with Crippen molar-refractivity contribution in [1.29, 1.82) is 0 Å². The quantitative estimate of drug-likeness (QED) is 0.912. The van der Waals surface area contributed by atoms with Gasteiger partial charge in [0.05, 0.1) is 0 Å². The molecule has 1 aromatic heterocycles. The molecule has 1 aromatic carbocycles. The monoisotopic (exact) mass is 271 g/mol. The van der Waals surface area contributed by atoms with E-state index in [1.165, 1.54) is 0 Å². The van der Waals surface area contributed by atoms with E-state index in [0.29, 0.717) is 19.0 Å². The van der Waals surface area contributed by atoms with Gasteiger partial charge in [-0.3, -0.25) is 4.98 Å². The second-order valence-corrected chi connectivity index (χ2v) is 4.99. The predicted molar refractivity (Wildman–Crippen MR) is 75.2 cm³/mol. The van der Waals surface area contributed by atoms with E-state index in [0.717, 1.165) is 28.3 Å². The second-order valence-electron chi connectivity index (χ2n) is 4.99. The van der Waals surface area contributed by atoms with Crippen molar-refractivity contribution in [2.75, 3.05) is 13.2 Å². The zero-order valence-electron chi connectivity index (χ0n) is 11.6. The summed E-state index contributed by atoms with van der Waals surface area (Å²) < 4.78 is 11.0. The summed E-state index contributed by atoms with van der Waals surface area (Å²) in [6, 6.07) is 9.34. The molecule has 2 aromatic rings. The van der Waals surface area contributed by atoms with E-state index in [4.69, 9.17) is 9.47 Å². The van der Waals surface area contributed by atoms with Crippen LogP contribution in [0, 0.1) is 13.8 Å². The SMILES string of the molecule is Cc1cc(C(O)c2ccc3c(c2)OCCO3)cc(C)n1. The summed E-state index contributed by atoms with van der Waals surface area (Å²) in [5.74, 6) is 1.42. The van der Waals surface area contributed by atoms with Crippen molar-refractivity contribution in [1.82, 2.24) is 4.98 Å². The van der Waals surface area contributed by atoms with Gasteiger partial charge in [-0.05, 0) is 49.2 Å². The maximum Gasteiger partial charge on any atom is 0.161 e. The third kappa shape index (κ3) is 2.47. The number of hydrogen-bond acceptors (Lipinski definition) is 4. The fraction of sp³-hybridized carbons (Fsp3) is 0.312. The van der Waals surface area contributed by atoms with Gasteiger partial charge in [-0.2, -0.15) is 0 Å². The van der Waals surface area contributed by atoms with Crippen LogP contribution in [0.25, 0.3) is 0 Å². The third-order valence-corrected chi connectivity index (χ3v) is 3.30. The summed E-state index contributed by atoms with van der Waals surface area (Å²) in [6.07, 6.45) is -0.689. The summed E-state index contributed by atoms with van der Waals surface area (Å²) in [5.41, 5.74) is 3.43. The fourth-order valence-electron chi connectivity index (χ4n) is 2.45. The number of nitrogens with zero attached hydrogens (tertiary/aromatic N) is 1. The summed E-state index contributed by atoms with van der Waals surface area (Å²) in [4.78, 5) is 4.32. The highest BCUT2D eigenvalue weighted by Crippen LogP contribution is 2.34. The number of aliphatic hydroxyl groups excluding tert-OH is 1. The molecule has 1 aliphatic heterocycles. The van der Waals surface area contributed by atoms with Crippen molar-refractivity contribution in [3.05, 3.63) is 52.8 Å². The Labute approximate surface area is 118 Å². The molecule has 20 heavy (non-hydrogen) atoms. The van der Waals surface area contributed by atoms with Crippen LogP contribution in [0.5, 0.6) is 11.5 Å². The minimum Gasteiger partial charge on any atom is -0.486 e. The molecule has 0 radical (unpaired) electrons. The predicted octanol–water partition coefficient (Wildman–Crippen LogP) is 2.55. The van der Waals surface area contributed by atoms with Crippen LogP contribution >= 0.6 is 0 Å². The third-order valence-electron chi connectivity index (χ3n) is 3.30. The molecule has 1 unspecified atom stereocenters. The van der Waals surface area contributed by atoms with Crippen LogP contribution in [-0.2, 0) is 0 Å². The molecule has 104 valence electrons. The van der Waals surface area contributed by atoms with Crippen molar-refractivity contribution < 1.29 is 14.6 Å². The minimum atomic E-state index is -0.689. The maximum absolute atomic E-state index is 10.5. The van der Waals surface area contributed by atoms with E-state index in [1.54, 1.807) is 0 Å². The molecule has 1 N–H and O–H groups in total. The Bertz CT molecular complexity index is 619. The van der Waals surface area contributed by atoms with Crippen LogP contribution in [0.3, 0.4) is 0 Å². The van der Waals surface area contributed by atoms with Gasteiger partial charge in [-0.25, -0.2) is 0 Å². The summed E-state index contributed by atoms with van der Waals surface area (Å²) >= 11 is 0.